The van der Waals surface area contributed by atoms with E-state index in [1.54, 1.807) is 0 Å². The van der Waals surface area contributed by atoms with Gasteiger partial charge in [-0.2, -0.15) is 0 Å². The molecule has 0 spiro atoms. The number of allylic oxidation sites excluding steroid dienone is 4. The van der Waals surface area contributed by atoms with Crippen LogP contribution in [0.15, 0.2) is 48.2 Å². The molecule has 2 rings (SSSR count). The molecule has 0 radical (unpaired) electrons. The normalized spacial score (nSPS) is 42.3. The van der Waals surface area contributed by atoms with Crippen LogP contribution >= 0.6 is 0 Å². The first kappa shape index (κ1) is 12.1. The second-order valence-electron chi connectivity index (χ2n) is 4.75. The van der Waals surface area contributed by atoms with Gasteiger partial charge in [-0.15, -0.1) is 0 Å². The Morgan fingerprint density at radius 3 is 2.94 bits per heavy atom. The summed E-state index contributed by atoms with van der Waals surface area (Å²) in [5.41, 5.74) is 1.43. The molecule has 0 bridgehead atoms. The molecule has 3 nitrogen and oxygen atoms in total. The van der Waals surface area contributed by atoms with Gasteiger partial charge in [0.25, 0.3) is 0 Å². The van der Waals surface area contributed by atoms with Gasteiger partial charge in [-0.05, 0) is 26.3 Å². The van der Waals surface area contributed by atoms with Crippen LogP contribution in [0.4, 0.5) is 0 Å². The number of hydrogen-bond acceptors (Lipinski definition) is 3. The van der Waals surface area contributed by atoms with Crippen LogP contribution in [0.3, 0.4) is 0 Å². The standard InChI is InChI=1S/C14H20N2O/c1-5-8-12-9-6-7-10-17-14(4)13(3,16-14)15-11(12)2/h5-9,15-16H,2,10H2,1,3-4H3/b7-6-,8-5-,12-9-. The molecule has 0 aromatic heterocycles. The van der Waals surface area contributed by atoms with E-state index >= 15 is 0 Å². The summed E-state index contributed by atoms with van der Waals surface area (Å²) in [5, 5.41) is 6.72. The molecule has 2 atom stereocenters. The minimum atomic E-state index is -0.321. The van der Waals surface area contributed by atoms with Gasteiger partial charge < -0.3 is 10.1 Å². The maximum Gasteiger partial charge on any atom is 0.155 e. The molecule has 17 heavy (non-hydrogen) atoms. The number of fused-ring (bicyclic) bond motifs is 1. The van der Waals surface area contributed by atoms with Gasteiger partial charge in [-0.25, -0.2) is 0 Å². The fourth-order valence-electron chi connectivity index (χ4n) is 2.03. The SMILES string of the molecule is C=C1NC2(C)NC2(C)OC\C=C/C=C1/C=C\C. The second kappa shape index (κ2) is 4.17. The number of ether oxygens (including phenoxy) is 1. The van der Waals surface area contributed by atoms with Crippen molar-refractivity contribution in [2.45, 2.75) is 32.2 Å². The predicted octanol–water partition coefficient (Wildman–Crippen LogP) is 2.21. The predicted molar refractivity (Wildman–Crippen MR) is 70.2 cm³/mol. The average Bonchev–Trinajstić information content (AvgIpc) is 2.78. The number of hydrogen-bond donors (Lipinski definition) is 2. The zero-order valence-corrected chi connectivity index (χ0v) is 10.7. The zero-order valence-electron chi connectivity index (χ0n) is 10.7. The van der Waals surface area contributed by atoms with Gasteiger partial charge in [0.2, 0.25) is 0 Å². The van der Waals surface area contributed by atoms with Crippen LogP contribution in [-0.2, 0) is 4.74 Å². The van der Waals surface area contributed by atoms with Crippen LogP contribution < -0.4 is 10.6 Å². The Morgan fingerprint density at radius 1 is 1.47 bits per heavy atom. The number of rotatable bonds is 1. The van der Waals surface area contributed by atoms with Gasteiger partial charge in [0.05, 0.1) is 6.61 Å². The van der Waals surface area contributed by atoms with Crippen molar-refractivity contribution in [3.8, 4) is 0 Å². The maximum absolute atomic E-state index is 5.78. The van der Waals surface area contributed by atoms with Crippen molar-refractivity contribution >= 4 is 0 Å². The molecule has 3 heteroatoms. The molecular formula is C14H20N2O. The van der Waals surface area contributed by atoms with Crippen LogP contribution in [0, 0.1) is 0 Å². The molecule has 0 aromatic rings. The van der Waals surface area contributed by atoms with E-state index in [-0.39, 0.29) is 11.4 Å². The van der Waals surface area contributed by atoms with E-state index in [1.165, 1.54) is 0 Å². The Morgan fingerprint density at radius 2 is 2.24 bits per heavy atom. The Bertz CT molecular complexity index is 422. The topological polar surface area (TPSA) is 43.2 Å². The maximum atomic E-state index is 5.78. The summed E-state index contributed by atoms with van der Waals surface area (Å²) in [7, 11) is 0. The lowest BCUT2D eigenvalue weighted by Crippen LogP contribution is -2.37. The van der Waals surface area contributed by atoms with Crippen LogP contribution in [-0.4, -0.2) is 18.0 Å². The fraction of sp³-hybridized carbons (Fsp3) is 0.429. The van der Waals surface area contributed by atoms with Crippen molar-refractivity contribution in [2.24, 2.45) is 0 Å². The van der Waals surface area contributed by atoms with Gasteiger partial charge in [-0.1, -0.05) is 37.0 Å². The monoisotopic (exact) mass is 232 g/mol. The van der Waals surface area contributed by atoms with Gasteiger partial charge in [0.1, 0.15) is 5.66 Å². The molecular weight excluding hydrogens is 212 g/mol. The van der Waals surface area contributed by atoms with Gasteiger partial charge in [0.15, 0.2) is 5.72 Å². The van der Waals surface area contributed by atoms with Gasteiger partial charge in [0, 0.05) is 5.70 Å². The molecule has 2 aliphatic rings. The van der Waals surface area contributed by atoms with Crippen LogP contribution in [0.25, 0.3) is 0 Å². The summed E-state index contributed by atoms with van der Waals surface area (Å²) in [5.74, 6) is 0. The summed E-state index contributed by atoms with van der Waals surface area (Å²) in [6.45, 7) is 10.8. The lowest BCUT2D eigenvalue weighted by atomic mass is 10.1. The highest BCUT2D eigenvalue weighted by molar-refractivity contribution is 5.41. The average molecular weight is 232 g/mol. The zero-order chi connectivity index (χ0) is 12.5. The molecule has 2 aliphatic heterocycles. The Hall–Kier alpha value is -1.32. The largest absolute Gasteiger partial charge is 0.364 e. The third kappa shape index (κ3) is 2.21. The summed E-state index contributed by atoms with van der Waals surface area (Å²) >= 11 is 0. The Kier molecular flexibility index (Phi) is 2.98. The second-order valence-corrected chi connectivity index (χ2v) is 4.75. The molecule has 1 fully saturated rings. The third-order valence-corrected chi connectivity index (χ3v) is 3.36. The van der Waals surface area contributed by atoms with Crippen molar-refractivity contribution in [1.82, 2.24) is 10.6 Å². The van der Waals surface area contributed by atoms with E-state index in [2.05, 4.69) is 24.1 Å². The molecule has 2 unspecified atom stereocenters. The van der Waals surface area contributed by atoms with Crippen LogP contribution in [0.2, 0.25) is 0 Å². The van der Waals surface area contributed by atoms with E-state index in [9.17, 15) is 0 Å². The van der Waals surface area contributed by atoms with Crippen molar-refractivity contribution < 1.29 is 4.74 Å². The first-order chi connectivity index (χ1) is 8.01. The lowest BCUT2D eigenvalue weighted by Gasteiger charge is -2.21. The highest BCUT2D eigenvalue weighted by Crippen LogP contribution is 2.38. The molecule has 0 saturated carbocycles. The highest BCUT2D eigenvalue weighted by atomic mass is 16.5. The van der Waals surface area contributed by atoms with Crippen molar-refractivity contribution in [1.29, 1.82) is 0 Å². The van der Waals surface area contributed by atoms with E-state index < -0.39 is 0 Å². The minimum Gasteiger partial charge on any atom is -0.364 e. The summed E-state index contributed by atoms with van der Waals surface area (Å²) in [6.07, 6.45) is 10.1. The smallest absolute Gasteiger partial charge is 0.155 e. The lowest BCUT2D eigenvalue weighted by molar-refractivity contribution is 0.0421. The van der Waals surface area contributed by atoms with Crippen molar-refractivity contribution in [2.75, 3.05) is 6.61 Å². The summed E-state index contributed by atoms with van der Waals surface area (Å²) in [4.78, 5) is 0. The fourth-order valence-corrected chi connectivity index (χ4v) is 2.03. The van der Waals surface area contributed by atoms with E-state index in [4.69, 9.17) is 4.74 Å². The number of nitrogens with one attached hydrogen (secondary N) is 2. The van der Waals surface area contributed by atoms with Crippen LogP contribution in [0.1, 0.15) is 20.8 Å². The molecule has 2 heterocycles. The quantitative estimate of drug-likeness (QED) is 0.681. The summed E-state index contributed by atoms with van der Waals surface area (Å²) < 4.78 is 5.78. The molecule has 92 valence electrons. The molecule has 1 saturated heterocycles. The first-order valence-corrected chi connectivity index (χ1v) is 5.91. The van der Waals surface area contributed by atoms with Crippen LogP contribution in [0.5, 0.6) is 0 Å². The van der Waals surface area contributed by atoms with E-state index in [0.717, 1.165) is 11.3 Å². The molecule has 0 aliphatic carbocycles. The van der Waals surface area contributed by atoms with Gasteiger partial charge in [-0.3, -0.25) is 5.32 Å². The minimum absolute atomic E-state index is 0.240. The Balaban J connectivity index is 2.25. The Labute approximate surface area is 103 Å². The van der Waals surface area contributed by atoms with Crippen molar-refractivity contribution in [3.63, 3.8) is 0 Å². The first-order valence-electron chi connectivity index (χ1n) is 5.91. The third-order valence-electron chi connectivity index (χ3n) is 3.36. The molecule has 0 aromatic carbocycles. The van der Waals surface area contributed by atoms with E-state index in [0.29, 0.717) is 6.61 Å². The highest BCUT2D eigenvalue weighted by Gasteiger charge is 2.62. The van der Waals surface area contributed by atoms with E-state index in [1.807, 2.05) is 44.2 Å². The molecule has 0 amide bonds. The summed E-state index contributed by atoms with van der Waals surface area (Å²) in [6, 6.07) is 0. The van der Waals surface area contributed by atoms with Gasteiger partial charge >= 0.3 is 0 Å². The molecule has 2 N–H and O–H groups in total. The van der Waals surface area contributed by atoms with Crippen molar-refractivity contribution in [3.05, 3.63) is 48.2 Å².